The third-order valence-corrected chi connectivity index (χ3v) is 1.12. The minimum absolute atomic E-state index is 0.341. The maximum Gasteiger partial charge on any atom is 0.330 e. The second-order valence-electron chi connectivity index (χ2n) is 2.33. The summed E-state index contributed by atoms with van der Waals surface area (Å²) in [7, 11) is 0. The Morgan fingerprint density at radius 1 is 1.38 bits per heavy atom. The van der Waals surface area contributed by atoms with Crippen molar-refractivity contribution in [3.8, 4) is 0 Å². The summed E-state index contributed by atoms with van der Waals surface area (Å²) >= 11 is 0. The van der Waals surface area contributed by atoms with E-state index < -0.39 is 0 Å². The molecule has 0 bridgehead atoms. The van der Waals surface area contributed by atoms with Gasteiger partial charge in [-0.1, -0.05) is 27.4 Å². The monoisotopic (exact) mass is 187 g/mol. The molecule has 0 amide bonds. The Hall–Kier alpha value is -0.830. The van der Waals surface area contributed by atoms with Crippen LogP contribution >= 0.6 is 0 Å². The van der Waals surface area contributed by atoms with Crippen molar-refractivity contribution in [2.75, 3.05) is 19.7 Å². The van der Waals surface area contributed by atoms with E-state index in [4.69, 9.17) is 0 Å². The number of esters is 1. The van der Waals surface area contributed by atoms with Crippen LogP contribution in [0.3, 0.4) is 0 Å². The van der Waals surface area contributed by atoms with Gasteiger partial charge < -0.3 is 10.1 Å². The van der Waals surface area contributed by atoms with Crippen LogP contribution in [0, 0.1) is 0 Å². The van der Waals surface area contributed by atoms with E-state index >= 15 is 0 Å². The van der Waals surface area contributed by atoms with Crippen LogP contribution in [0.15, 0.2) is 12.7 Å². The van der Waals surface area contributed by atoms with Crippen LogP contribution in [0.4, 0.5) is 0 Å². The van der Waals surface area contributed by atoms with Crippen molar-refractivity contribution in [2.24, 2.45) is 0 Å². The summed E-state index contributed by atoms with van der Waals surface area (Å²) in [6.45, 7) is 12.1. The van der Waals surface area contributed by atoms with Crippen molar-refractivity contribution in [1.29, 1.82) is 0 Å². The lowest BCUT2D eigenvalue weighted by Crippen LogP contribution is -2.09. The first-order chi connectivity index (χ1) is 6.22. The first-order valence-electron chi connectivity index (χ1n) is 4.72. The minimum Gasteiger partial charge on any atom is -0.463 e. The molecule has 13 heavy (non-hydrogen) atoms. The number of carbonyl (C=O) groups excluding carboxylic acids is 1. The first kappa shape index (κ1) is 14.7. The molecule has 78 valence electrons. The first-order valence-corrected chi connectivity index (χ1v) is 4.72. The minimum atomic E-state index is -0.341. The van der Waals surface area contributed by atoms with Gasteiger partial charge in [0.15, 0.2) is 0 Å². The fourth-order valence-corrected chi connectivity index (χ4v) is 0.512. The summed E-state index contributed by atoms with van der Waals surface area (Å²) in [5, 5.41) is 3.11. The lowest BCUT2D eigenvalue weighted by molar-refractivity contribution is -0.137. The number of hydrogen-bond donors (Lipinski definition) is 1. The molecule has 0 aliphatic carbocycles. The summed E-state index contributed by atoms with van der Waals surface area (Å²) in [5.74, 6) is -0.341. The van der Waals surface area contributed by atoms with Gasteiger partial charge in [-0.15, -0.1) is 0 Å². The Kier molecular flexibility index (Phi) is 15.5. The molecule has 0 aromatic carbocycles. The van der Waals surface area contributed by atoms with Gasteiger partial charge in [-0.05, 0) is 19.5 Å². The van der Waals surface area contributed by atoms with Crippen molar-refractivity contribution in [2.45, 2.75) is 27.2 Å². The van der Waals surface area contributed by atoms with Crippen LogP contribution in [0.2, 0.25) is 0 Å². The SMILES string of the molecule is C=CC(=O)OCCC.CCNCC. The smallest absolute Gasteiger partial charge is 0.330 e. The summed E-state index contributed by atoms with van der Waals surface area (Å²) in [5.41, 5.74) is 0. The Bertz CT molecular complexity index is 122. The van der Waals surface area contributed by atoms with Crippen molar-refractivity contribution in [3.63, 3.8) is 0 Å². The number of nitrogens with one attached hydrogen (secondary N) is 1. The standard InChI is InChI=1S/C6H10O2.C4H11N/c1-3-5-8-6(7)4-2;1-3-5-4-2/h4H,2-3,5H2,1H3;5H,3-4H2,1-2H3. The van der Waals surface area contributed by atoms with Gasteiger partial charge >= 0.3 is 5.97 Å². The molecule has 0 heterocycles. The maximum atomic E-state index is 10.2. The normalized spacial score (nSPS) is 8.23. The molecule has 0 spiro atoms. The molecule has 0 fully saturated rings. The largest absolute Gasteiger partial charge is 0.463 e. The third-order valence-electron chi connectivity index (χ3n) is 1.12. The average molecular weight is 187 g/mol. The predicted molar refractivity (Wildman–Crippen MR) is 55.7 cm³/mol. The Morgan fingerprint density at radius 3 is 2.15 bits per heavy atom. The zero-order valence-electron chi connectivity index (χ0n) is 8.93. The maximum absolute atomic E-state index is 10.2. The highest BCUT2D eigenvalue weighted by molar-refractivity contribution is 5.81. The van der Waals surface area contributed by atoms with Gasteiger partial charge in [0.25, 0.3) is 0 Å². The molecular weight excluding hydrogens is 166 g/mol. The molecule has 1 N–H and O–H groups in total. The van der Waals surface area contributed by atoms with Gasteiger partial charge in [0, 0.05) is 6.08 Å². The van der Waals surface area contributed by atoms with E-state index in [0.717, 1.165) is 25.6 Å². The van der Waals surface area contributed by atoms with Gasteiger partial charge in [-0.25, -0.2) is 4.79 Å². The van der Waals surface area contributed by atoms with E-state index in [-0.39, 0.29) is 5.97 Å². The lowest BCUT2D eigenvalue weighted by Gasteiger charge is -1.94. The summed E-state index contributed by atoms with van der Waals surface area (Å²) < 4.78 is 4.58. The molecule has 0 aromatic rings. The van der Waals surface area contributed by atoms with E-state index in [1.807, 2.05) is 6.92 Å². The van der Waals surface area contributed by atoms with Crippen LogP contribution in [0.1, 0.15) is 27.2 Å². The van der Waals surface area contributed by atoms with Crippen molar-refractivity contribution < 1.29 is 9.53 Å². The zero-order valence-corrected chi connectivity index (χ0v) is 8.93. The Labute approximate surface area is 81.2 Å². The molecule has 0 atom stereocenters. The summed E-state index contributed by atoms with van der Waals surface area (Å²) in [6, 6.07) is 0. The Balaban J connectivity index is 0. The number of ether oxygens (including phenoxy) is 1. The van der Waals surface area contributed by atoms with E-state index in [2.05, 4.69) is 30.5 Å². The molecule has 0 aromatic heterocycles. The highest BCUT2D eigenvalue weighted by Crippen LogP contribution is 1.81. The van der Waals surface area contributed by atoms with E-state index in [0.29, 0.717) is 6.61 Å². The molecular formula is C10H21NO2. The van der Waals surface area contributed by atoms with Crippen molar-refractivity contribution >= 4 is 5.97 Å². The molecule has 0 aliphatic heterocycles. The van der Waals surface area contributed by atoms with E-state index in [1.165, 1.54) is 0 Å². The van der Waals surface area contributed by atoms with E-state index in [1.54, 1.807) is 0 Å². The molecule has 0 aliphatic rings. The predicted octanol–water partition coefficient (Wildman–Crippen LogP) is 1.74. The summed E-state index contributed by atoms with van der Waals surface area (Å²) in [6.07, 6.45) is 2.02. The molecule has 0 saturated carbocycles. The number of hydrogen-bond acceptors (Lipinski definition) is 3. The fraction of sp³-hybridized carbons (Fsp3) is 0.700. The number of carbonyl (C=O) groups is 1. The van der Waals surface area contributed by atoms with Crippen molar-refractivity contribution in [1.82, 2.24) is 5.32 Å². The van der Waals surface area contributed by atoms with Crippen LogP contribution < -0.4 is 5.32 Å². The second-order valence-corrected chi connectivity index (χ2v) is 2.33. The molecule has 0 radical (unpaired) electrons. The molecule has 3 nitrogen and oxygen atoms in total. The number of rotatable bonds is 5. The molecule has 0 rings (SSSR count). The highest BCUT2D eigenvalue weighted by Gasteiger charge is 1.89. The summed E-state index contributed by atoms with van der Waals surface area (Å²) in [4.78, 5) is 10.2. The van der Waals surface area contributed by atoms with Crippen LogP contribution in [0.25, 0.3) is 0 Å². The third kappa shape index (κ3) is 18.3. The Morgan fingerprint density at radius 2 is 1.92 bits per heavy atom. The fourth-order valence-electron chi connectivity index (χ4n) is 0.512. The van der Waals surface area contributed by atoms with Gasteiger partial charge in [0.1, 0.15) is 0 Å². The van der Waals surface area contributed by atoms with Crippen LogP contribution in [-0.4, -0.2) is 25.7 Å². The second kappa shape index (κ2) is 13.7. The van der Waals surface area contributed by atoms with Gasteiger partial charge in [-0.2, -0.15) is 0 Å². The quantitative estimate of drug-likeness (QED) is 0.526. The topological polar surface area (TPSA) is 38.3 Å². The van der Waals surface area contributed by atoms with Crippen molar-refractivity contribution in [3.05, 3.63) is 12.7 Å². The molecule has 0 unspecified atom stereocenters. The molecule has 3 heteroatoms. The van der Waals surface area contributed by atoms with Crippen LogP contribution in [-0.2, 0) is 9.53 Å². The van der Waals surface area contributed by atoms with Gasteiger partial charge in [0.05, 0.1) is 6.61 Å². The molecule has 0 saturated heterocycles. The van der Waals surface area contributed by atoms with Gasteiger partial charge in [-0.3, -0.25) is 0 Å². The average Bonchev–Trinajstić information content (AvgIpc) is 2.16. The zero-order chi connectivity index (χ0) is 10.5. The van der Waals surface area contributed by atoms with E-state index in [9.17, 15) is 4.79 Å². The van der Waals surface area contributed by atoms with Crippen LogP contribution in [0.5, 0.6) is 0 Å². The lowest BCUT2D eigenvalue weighted by atomic mass is 10.5. The highest BCUT2D eigenvalue weighted by atomic mass is 16.5. The van der Waals surface area contributed by atoms with Gasteiger partial charge in [0.2, 0.25) is 0 Å².